The van der Waals surface area contributed by atoms with Gasteiger partial charge in [0.05, 0.1) is 28.6 Å². The Bertz CT molecular complexity index is 664. The van der Waals surface area contributed by atoms with Crippen molar-refractivity contribution in [3.05, 3.63) is 52.3 Å². The van der Waals surface area contributed by atoms with E-state index in [1.54, 1.807) is 30.3 Å². The molecular weight excluding hydrogens is 345 g/mol. The lowest BCUT2D eigenvalue weighted by atomic mass is 10.2. The molecule has 0 aliphatic heterocycles. The van der Waals surface area contributed by atoms with Crippen molar-refractivity contribution in [1.82, 2.24) is 0 Å². The fourth-order valence-corrected chi connectivity index (χ4v) is 3.31. The molecule has 106 valence electrons. The molecule has 2 rings (SSSR count). The Morgan fingerprint density at radius 3 is 2.65 bits per heavy atom. The molecule has 2 N–H and O–H groups in total. The summed E-state index contributed by atoms with van der Waals surface area (Å²) in [6.45, 7) is 0. The van der Waals surface area contributed by atoms with Gasteiger partial charge in [-0.2, -0.15) is 0 Å². The van der Waals surface area contributed by atoms with E-state index in [1.165, 1.54) is 13.2 Å². The Balaban J connectivity index is 2.23. The first-order valence-corrected chi connectivity index (χ1v) is 7.88. The predicted molar refractivity (Wildman–Crippen MR) is 81.6 cm³/mol. The van der Waals surface area contributed by atoms with E-state index in [1.807, 2.05) is 0 Å². The summed E-state index contributed by atoms with van der Waals surface area (Å²) in [5.74, 6) is 0.0651. The molecule has 0 saturated heterocycles. The topological polar surface area (TPSA) is 52.3 Å². The maximum Gasteiger partial charge on any atom is 0.131 e. The van der Waals surface area contributed by atoms with Crippen molar-refractivity contribution in [2.24, 2.45) is 0 Å². The molecule has 6 heteroatoms. The Labute approximate surface area is 127 Å². The molecule has 0 amide bonds. The second kappa shape index (κ2) is 6.37. The average molecular weight is 358 g/mol. The van der Waals surface area contributed by atoms with E-state index in [4.69, 9.17) is 10.5 Å². The summed E-state index contributed by atoms with van der Waals surface area (Å²) in [5.41, 5.74) is 6.61. The lowest BCUT2D eigenvalue weighted by molar-refractivity contribution is 0.411. The van der Waals surface area contributed by atoms with Crippen LogP contribution in [0.25, 0.3) is 0 Å². The molecule has 0 saturated carbocycles. The van der Waals surface area contributed by atoms with Crippen LogP contribution in [-0.4, -0.2) is 11.3 Å². The van der Waals surface area contributed by atoms with Crippen molar-refractivity contribution < 1.29 is 13.3 Å². The van der Waals surface area contributed by atoms with Gasteiger partial charge in [0.15, 0.2) is 0 Å². The zero-order valence-corrected chi connectivity index (χ0v) is 13.1. The number of methoxy groups -OCH3 is 1. The summed E-state index contributed by atoms with van der Waals surface area (Å²) < 4.78 is 31.8. The van der Waals surface area contributed by atoms with Crippen molar-refractivity contribution in [3.63, 3.8) is 0 Å². The molecule has 2 aromatic carbocycles. The van der Waals surface area contributed by atoms with Crippen LogP contribution in [0.1, 0.15) is 5.56 Å². The number of anilines is 1. The second-order valence-corrected chi connectivity index (χ2v) is 6.46. The largest absolute Gasteiger partial charge is 0.497 e. The van der Waals surface area contributed by atoms with Crippen LogP contribution in [0.15, 0.2) is 45.8 Å². The molecule has 0 fully saturated rings. The molecule has 2 aromatic rings. The highest BCUT2D eigenvalue weighted by molar-refractivity contribution is 9.10. The molecule has 0 radical (unpaired) electrons. The standard InChI is InChI=1S/C14H13BrFNO2S/c1-19-11-4-2-9(12(16)7-11)8-20(18)14-5-3-10(15)6-13(14)17/h2-7H,8,17H2,1H3. The molecule has 1 atom stereocenters. The van der Waals surface area contributed by atoms with Crippen molar-refractivity contribution in [2.45, 2.75) is 10.6 Å². The minimum absolute atomic E-state index is 0.0711. The van der Waals surface area contributed by atoms with Gasteiger partial charge in [-0.3, -0.25) is 4.21 Å². The van der Waals surface area contributed by atoms with Crippen LogP contribution in [0.4, 0.5) is 10.1 Å². The molecule has 0 aromatic heterocycles. The molecule has 1 unspecified atom stereocenters. The van der Waals surface area contributed by atoms with Gasteiger partial charge in [0.2, 0.25) is 0 Å². The molecule has 0 heterocycles. The Kier molecular flexibility index (Phi) is 4.77. The Morgan fingerprint density at radius 1 is 1.30 bits per heavy atom. The summed E-state index contributed by atoms with van der Waals surface area (Å²) in [5, 5.41) is 0. The van der Waals surface area contributed by atoms with Gasteiger partial charge in [-0.25, -0.2) is 4.39 Å². The summed E-state index contributed by atoms with van der Waals surface area (Å²) in [6, 6.07) is 9.60. The van der Waals surface area contributed by atoms with E-state index in [0.717, 1.165) is 4.47 Å². The van der Waals surface area contributed by atoms with Crippen LogP contribution in [0.3, 0.4) is 0 Å². The van der Waals surface area contributed by atoms with Crippen LogP contribution < -0.4 is 10.5 Å². The number of nitrogen functional groups attached to an aromatic ring is 1. The molecule has 0 aliphatic rings. The quantitative estimate of drug-likeness (QED) is 0.852. The van der Waals surface area contributed by atoms with E-state index < -0.39 is 16.6 Å². The van der Waals surface area contributed by atoms with Crippen LogP contribution in [0.5, 0.6) is 5.75 Å². The highest BCUT2D eigenvalue weighted by Gasteiger charge is 2.12. The maximum absolute atomic E-state index is 13.8. The van der Waals surface area contributed by atoms with Gasteiger partial charge in [-0.05, 0) is 24.3 Å². The van der Waals surface area contributed by atoms with Gasteiger partial charge in [-0.15, -0.1) is 0 Å². The van der Waals surface area contributed by atoms with E-state index in [2.05, 4.69) is 15.9 Å². The van der Waals surface area contributed by atoms with E-state index >= 15 is 0 Å². The fraction of sp³-hybridized carbons (Fsp3) is 0.143. The lowest BCUT2D eigenvalue weighted by Gasteiger charge is -2.08. The van der Waals surface area contributed by atoms with E-state index in [-0.39, 0.29) is 5.75 Å². The summed E-state index contributed by atoms with van der Waals surface area (Å²) >= 11 is 3.29. The van der Waals surface area contributed by atoms with Gasteiger partial charge < -0.3 is 10.5 Å². The molecule has 20 heavy (non-hydrogen) atoms. The Morgan fingerprint density at radius 2 is 2.05 bits per heavy atom. The van der Waals surface area contributed by atoms with Crippen molar-refractivity contribution in [3.8, 4) is 5.75 Å². The third-order valence-corrected chi connectivity index (χ3v) is 4.69. The van der Waals surface area contributed by atoms with Crippen molar-refractivity contribution >= 4 is 32.4 Å². The highest BCUT2D eigenvalue weighted by Crippen LogP contribution is 2.25. The first-order valence-electron chi connectivity index (χ1n) is 5.77. The van der Waals surface area contributed by atoms with Crippen LogP contribution >= 0.6 is 15.9 Å². The molecule has 0 bridgehead atoms. The predicted octanol–water partition coefficient (Wildman–Crippen LogP) is 3.49. The monoisotopic (exact) mass is 357 g/mol. The zero-order chi connectivity index (χ0) is 14.7. The first kappa shape index (κ1) is 15.0. The number of nitrogens with two attached hydrogens (primary N) is 1. The maximum atomic E-state index is 13.8. The van der Waals surface area contributed by atoms with Gasteiger partial charge in [-0.1, -0.05) is 22.0 Å². The fourth-order valence-electron chi connectivity index (χ4n) is 1.72. The SMILES string of the molecule is COc1ccc(CS(=O)c2ccc(Br)cc2N)c(F)c1. The van der Waals surface area contributed by atoms with E-state index in [9.17, 15) is 8.60 Å². The van der Waals surface area contributed by atoms with Crippen molar-refractivity contribution in [1.29, 1.82) is 0 Å². The number of benzene rings is 2. The number of hydrogen-bond donors (Lipinski definition) is 1. The summed E-state index contributed by atoms with van der Waals surface area (Å²) in [6.07, 6.45) is 0. The zero-order valence-electron chi connectivity index (χ0n) is 10.7. The van der Waals surface area contributed by atoms with E-state index in [0.29, 0.717) is 21.9 Å². The molecular formula is C14H13BrFNO2S. The second-order valence-electron chi connectivity index (χ2n) is 4.13. The molecule has 3 nitrogen and oxygen atoms in total. The third kappa shape index (κ3) is 3.37. The first-order chi connectivity index (χ1) is 9.51. The van der Waals surface area contributed by atoms with Gasteiger partial charge in [0, 0.05) is 21.8 Å². The van der Waals surface area contributed by atoms with Crippen LogP contribution in [0.2, 0.25) is 0 Å². The number of hydrogen-bond acceptors (Lipinski definition) is 3. The van der Waals surface area contributed by atoms with Crippen molar-refractivity contribution in [2.75, 3.05) is 12.8 Å². The molecule has 0 aliphatic carbocycles. The number of ether oxygens (including phenoxy) is 1. The number of rotatable bonds is 4. The van der Waals surface area contributed by atoms with Gasteiger partial charge >= 0.3 is 0 Å². The van der Waals surface area contributed by atoms with Crippen LogP contribution in [-0.2, 0) is 16.6 Å². The average Bonchev–Trinajstić information content (AvgIpc) is 2.40. The minimum Gasteiger partial charge on any atom is -0.497 e. The molecule has 0 spiro atoms. The smallest absolute Gasteiger partial charge is 0.131 e. The number of halogens is 2. The van der Waals surface area contributed by atoms with Gasteiger partial charge in [0.1, 0.15) is 11.6 Å². The van der Waals surface area contributed by atoms with Crippen LogP contribution in [0, 0.1) is 5.82 Å². The summed E-state index contributed by atoms with van der Waals surface area (Å²) in [4.78, 5) is 0.503. The lowest BCUT2D eigenvalue weighted by Crippen LogP contribution is -2.02. The van der Waals surface area contributed by atoms with Gasteiger partial charge in [0.25, 0.3) is 0 Å². The third-order valence-electron chi connectivity index (χ3n) is 2.76. The normalized spacial score (nSPS) is 12.2. The highest BCUT2D eigenvalue weighted by atomic mass is 79.9. The Hall–Kier alpha value is -1.40. The summed E-state index contributed by atoms with van der Waals surface area (Å²) in [7, 11) is 0.0677. The minimum atomic E-state index is -1.40.